The lowest BCUT2D eigenvalue weighted by molar-refractivity contribution is -0.121. The number of nitrogens with two attached hydrogens (primary N) is 1. The summed E-state index contributed by atoms with van der Waals surface area (Å²) >= 11 is 1.39. The monoisotopic (exact) mass is 469 g/mol. The highest BCUT2D eigenvalue weighted by atomic mass is 32.1. The van der Waals surface area contributed by atoms with Crippen molar-refractivity contribution in [2.24, 2.45) is 11.7 Å². The third-order valence-corrected chi connectivity index (χ3v) is 7.27. The van der Waals surface area contributed by atoms with Crippen molar-refractivity contribution in [2.75, 3.05) is 18.5 Å². The molecule has 9 heteroatoms. The third kappa shape index (κ3) is 4.30. The molecule has 4 rings (SSSR count). The Morgan fingerprint density at radius 2 is 1.85 bits per heavy atom. The number of thiophene rings is 1. The van der Waals surface area contributed by atoms with Crippen molar-refractivity contribution >= 4 is 40.0 Å². The average Bonchev–Trinajstić information content (AvgIpc) is 3.22. The lowest BCUT2D eigenvalue weighted by Crippen LogP contribution is -2.50. The number of benzene rings is 1. The zero-order valence-electron chi connectivity index (χ0n) is 18.9. The molecule has 4 amide bonds. The largest absolute Gasteiger partial charge is 0.369 e. The van der Waals surface area contributed by atoms with Crippen LogP contribution in [0.15, 0.2) is 24.3 Å². The predicted molar refractivity (Wildman–Crippen MR) is 124 cm³/mol. The van der Waals surface area contributed by atoms with Crippen molar-refractivity contribution in [1.29, 1.82) is 0 Å². The van der Waals surface area contributed by atoms with Gasteiger partial charge in [0.05, 0.1) is 28.8 Å². The van der Waals surface area contributed by atoms with Crippen molar-refractivity contribution in [3.8, 4) is 0 Å². The molecular weight excluding hydrogens is 442 g/mol. The first kappa shape index (κ1) is 23.1. The number of rotatable bonds is 7. The molecule has 2 heterocycles. The Hall–Kier alpha value is -3.04. The number of carbonyl (C=O) groups excluding carboxylic acids is 4. The van der Waals surface area contributed by atoms with E-state index < -0.39 is 17.4 Å². The van der Waals surface area contributed by atoms with E-state index in [4.69, 9.17) is 10.5 Å². The van der Waals surface area contributed by atoms with Gasteiger partial charge in [0.15, 0.2) is 0 Å². The number of primary amides is 1. The highest BCUT2D eigenvalue weighted by Crippen LogP contribution is 2.39. The molecule has 1 aliphatic heterocycles. The predicted octanol–water partition coefficient (Wildman–Crippen LogP) is 3.00. The molecule has 0 radical (unpaired) electrons. The molecule has 1 aromatic heterocycles. The molecule has 2 aliphatic rings. The zero-order chi connectivity index (χ0) is 23.9. The molecule has 0 saturated heterocycles. The van der Waals surface area contributed by atoms with Crippen molar-refractivity contribution in [1.82, 2.24) is 4.90 Å². The van der Waals surface area contributed by atoms with E-state index in [-0.39, 0.29) is 25.0 Å². The summed E-state index contributed by atoms with van der Waals surface area (Å²) in [5, 5.41) is 3.21. The van der Waals surface area contributed by atoms with E-state index in [2.05, 4.69) is 12.2 Å². The van der Waals surface area contributed by atoms with Crippen LogP contribution in [0.5, 0.6) is 0 Å². The zero-order valence-corrected chi connectivity index (χ0v) is 19.7. The van der Waals surface area contributed by atoms with E-state index in [1.165, 1.54) is 16.2 Å². The first-order chi connectivity index (χ1) is 15.6. The van der Waals surface area contributed by atoms with Gasteiger partial charge in [-0.2, -0.15) is 0 Å². The maximum Gasteiger partial charge on any atom is 0.262 e. The van der Waals surface area contributed by atoms with Gasteiger partial charge in [0, 0.05) is 4.88 Å². The number of fused-ring (bicyclic) bond motifs is 2. The second-order valence-electron chi connectivity index (χ2n) is 9.26. The Bertz CT molecular complexity index is 1120. The molecule has 174 valence electrons. The SMILES string of the molecule is CC1CCc2c(sc(NC(=O)COCC(C)(C)N3C(=O)c4ccccc4C3=O)c2C(N)=O)C1. The van der Waals surface area contributed by atoms with Crippen LogP contribution < -0.4 is 11.1 Å². The first-order valence-corrected chi connectivity index (χ1v) is 11.7. The summed E-state index contributed by atoms with van der Waals surface area (Å²) in [5.74, 6) is -1.21. The minimum absolute atomic E-state index is 0.0208. The molecule has 2 aromatic rings. The number of carbonyl (C=O) groups is 4. The minimum Gasteiger partial charge on any atom is -0.369 e. The standard InChI is InChI=1S/C24H27N3O5S/c1-13-8-9-16-17(10-13)33-21(19(16)20(25)29)26-18(28)11-32-12-24(2,3)27-22(30)14-6-4-5-7-15(14)23(27)31/h4-7,13H,8-12H2,1-3H3,(H2,25,29)(H,26,28). The summed E-state index contributed by atoms with van der Waals surface area (Å²) in [4.78, 5) is 52.3. The summed E-state index contributed by atoms with van der Waals surface area (Å²) in [6.07, 6.45) is 2.61. The molecule has 33 heavy (non-hydrogen) atoms. The fraction of sp³-hybridized carbons (Fsp3) is 0.417. The first-order valence-electron chi connectivity index (χ1n) is 10.9. The fourth-order valence-corrected chi connectivity index (χ4v) is 5.89. The van der Waals surface area contributed by atoms with Gasteiger partial charge < -0.3 is 15.8 Å². The van der Waals surface area contributed by atoms with E-state index in [1.807, 2.05) is 0 Å². The van der Waals surface area contributed by atoms with Gasteiger partial charge in [-0.15, -0.1) is 11.3 Å². The lowest BCUT2D eigenvalue weighted by atomic mass is 9.88. The summed E-state index contributed by atoms with van der Waals surface area (Å²) < 4.78 is 5.59. The van der Waals surface area contributed by atoms with Crippen LogP contribution >= 0.6 is 11.3 Å². The van der Waals surface area contributed by atoms with Crippen LogP contribution in [0.1, 0.15) is 68.7 Å². The van der Waals surface area contributed by atoms with Gasteiger partial charge in [0.2, 0.25) is 0 Å². The molecule has 0 spiro atoms. The van der Waals surface area contributed by atoms with Crippen molar-refractivity contribution < 1.29 is 23.9 Å². The van der Waals surface area contributed by atoms with Crippen LogP contribution in [0.2, 0.25) is 0 Å². The van der Waals surface area contributed by atoms with Crippen molar-refractivity contribution in [3.05, 3.63) is 51.4 Å². The average molecular weight is 470 g/mol. The summed E-state index contributed by atoms with van der Waals surface area (Å²) in [6.45, 7) is 5.28. The molecule has 1 aliphatic carbocycles. The minimum atomic E-state index is -0.954. The normalized spacial score (nSPS) is 17.7. The van der Waals surface area contributed by atoms with Gasteiger partial charge in [-0.1, -0.05) is 19.1 Å². The van der Waals surface area contributed by atoms with Gasteiger partial charge in [-0.25, -0.2) is 0 Å². The van der Waals surface area contributed by atoms with E-state index >= 15 is 0 Å². The number of imide groups is 1. The van der Waals surface area contributed by atoms with Gasteiger partial charge in [-0.05, 0) is 56.7 Å². The Labute approximate surface area is 196 Å². The van der Waals surface area contributed by atoms with Crippen molar-refractivity contribution in [3.63, 3.8) is 0 Å². The van der Waals surface area contributed by atoms with Gasteiger partial charge in [0.25, 0.3) is 23.6 Å². The molecule has 1 aromatic carbocycles. The molecule has 1 unspecified atom stereocenters. The second-order valence-corrected chi connectivity index (χ2v) is 10.4. The number of ether oxygens (including phenoxy) is 1. The van der Waals surface area contributed by atoms with Gasteiger partial charge in [0.1, 0.15) is 11.6 Å². The Kier molecular flexibility index (Phi) is 6.11. The molecule has 0 saturated carbocycles. The Morgan fingerprint density at radius 1 is 1.21 bits per heavy atom. The third-order valence-electron chi connectivity index (χ3n) is 6.10. The number of hydrogen-bond acceptors (Lipinski definition) is 6. The van der Waals surface area contributed by atoms with Crippen LogP contribution in [-0.2, 0) is 22.4 Å². The highest BCUT2D eigenvalue weighted by Gasteiger charge is 2.44. The molecule has 0 bridgehead atoms. The molecular formula is C24H27N3O5S. The van der Waals surface area contributed by atoms with E-state index in [0.717, 1.165) is 29.7 Å². The number of nitrogens with one attached hydrogen (secondary N) is 1. The quantitative estimate of drug-likeness (QED) is 0.604. The van der Waals surface area contributed by atoms with Crippen LogP contribution in [-0.4, -0.2) is 47.3 Å². The number of hydrogen-bond donors (Lipinski definition) is 2. The van der Waals surface area contributed by atoms with E-state index in [1.54, 1.807) is 38.1 Å². The summed E-state index contributed by atoms with van der Waals surface area (Å²) in [7, 11) is 0. The molecule has 0 fully saturated rings. The van der Waals surface area contributed by atoms with E-state index in [9.17, 15) is 19.2 Å². The summed E-state index contributed by atoms with van der Waals surface area (Å²) in [5.41, 5.74) is 6.70. The number of amides is 4. The van der Waals surface area contributed by atoms with Gasteiger partial charge in [-0.3, -0.25) is 24.1 Å². The van der Waals surface area contributed by atoms with Crippen LogP contribution in [0, 0.1) is 5.92 Å². The van der Waals surface area contributed by atoms with Crippen LogP contribution in [0.3, 0.4) is 0 Å². The van der Waals surface area contributed by atoms with E-state index in [0.29, 0.717) is 27.6 Å². The molecule has 1 atom stereocenters. The fourth-order valence-electron chi connectivity index (χ4n) is 4.46. The lowest BCUT2D eigenvalue weighted by Gasteiger charge is -2.33. The number of anilines is 1. The topological polar surface area (TPSA) is 119 Å². The van der Waals surface area contributed by atoms with Gasteiger partial charge >= 0.3 is 0 Å². The van der Waals surface area contributed by atoms with Crippen LogP contribution in [0.25, 0.3) is 0 Å². The maximum atomic E-state index is 12.7. The number of nitrogens with zero attached hydrogens (tertiary/aromatic N) is 1. The Morgan fingerprint density at radius 3 is 2.45 bits per heavy atom. The maximum absolute atomic E-state index is 12.7. The second kappa shape index (κ2) is 8.72. The van der Waals surface area contributed by atoms with Crippen molar-refractivity contribution in [2.45, 2.75) is 45.6 Å². The highest BCUT2D eigenvalue weighted by molar-refractivity contribution is 7.17. The summed E-state index contributed by atoms with van der Waals surface area (Å²) in [6, 6.07) is 6.67. The smallest absolute Gasteiger partial charge is 0.262 e. The van der Waals surface area contributed by atoms with Crippen LogP contribution in [0.4, 0.5) is 5.00 Å². The molecule has 8 nitrogen and oxygen atoms in total. The Balaban J connectivity index is 1.39. The molecule has 3 N–H and O–H groups in total.